The Morgan fingerprint density at radius 1 is 0.969 bits per heavy atom. The number of pyridine rings is 1. The number of Topliss-reactive ketones (excluding diaryl/α,β-unsaturated/α-hetero) is 1. The fourth-order valence-electron chi connectivity index (χ4n) is 3.94. The third-order valence-electron chi connectivity index (χ3n) is 5.78. The van der Waals surface area contributed by atoms with E-state index in [-0.39, 0.29) is 16.7 Å². The van der Waals surface area contributed by atoms with E-state index in [1.165, 1.54) is 4.90 Å². The SMILES string of the molecule is Cc1ccc(/C(O)=C2\C(=O)C(=O)N(c3ccc(C(C)(C)C)cc3)C2c2cccnc2)cc1. The number of anilines is 1. The number of nitrogens with zero attached hydrogens (tertiary/aromatic N) is 2. The molecule has 1 fully saturated rings. The predicted molar refractivity (Wildman–Crippen MR) is 125 cm³/mol. The van der Waals surface area contributed by atoms with Gasteiger partial charge in [-0.2, -0.15) is 0 Å². The molecule has 0 saturated carbocycles. The van der Waals surface area contributed by atoms with E-state index in [0.29, 0.717) is 16.8 Å². The number of hydrogen-bond donors (Lipinski definition) is 1. The summed E-state index contributed by atoms with van der Waals surface area (Å²) in [6.45, 7) is 8.29. The second-order valence-corrected chi connectivity index (χ2v) is 9.12. The van der Waals surface area contributed by atoms with Crippen LogP contribution in [0.2, 0.25) is 0 Å². The largest absolute Gasteiger partial charge is 0.507 e. The lowest BCUT2D eigenvalue weighted by molar-refractivity contribution is -0.132. The minimum atomic E-state index is -0.773. The van der Waals surface area contributed by atoms with Gasteiger partial charge in [0, 0.05) is 23.6 Å². The maximum Gasteiger partial charge on any atom is 0.300 e. The molecule has 1 N–H and O–H groups in total. The molecule has 3 aromatic rings. The van der Waals surface area contributed by atoms with Crippen LogP contribution in [0.5, 0.6) is 0 Å². The molecule has 1 atom stereocenters. The van der Waals surface area contributed by atoms with Crippen LogP contribution in [0.3, 0.4) is 0 Å². The molecule has 4 rings (SSSR count). The van der Waals surface area contributed by atoms with Crippen LogP contribution in [0.1, 0.15) is 49.1 Å². The van der Waals surface area contributed by atoms with Crippen molar-refractivity contribution in [2.45, 2.75) is 39.2 Å². The van der Waals surface area contributed by atoms with Gasteiger partial charge in [0.1, 0.15) is 5.76 Å². The number of hydrogen-bond acceptors (Lipinski definition) is 4. The van der Waals surface area contributed by atoms with Crippen LogP contribution in [0.4, 0.5) is 5.69 Å². The molecule has 1 amide bonds. The summed E-state index contributed by atoms with van der Waals surface area (Å²) in [6.07, 6.45) is 3.25. The smallest absolute Gasteiger partial charge is 0.300 e. The highest BCUT2D eigenvalue weighted by Crippen LogP contribution is 2.42. The molecule has 5 heteroatoms. The first-order chi connectivity index (χ1) is 15.2. The van der Waals surface area contributed by atoms with Crippen molar-refractivity contribution in [1.82, 2.24) is 4.98 Å². The normalized spacial score (nSPS) is 18.2. The van der Waals surface area contributed by atoms with Crippen molar-refractivity contribution < 1.29 is 14.7 Å². The third-order valence-corrected chi connectivity index (χ3v) is 5.78. The fraction of sp³-hybridized carbons (Fsp3) is 0.222. The summed E-state index contributed by atoms with van der Waals surface area (Å²) >= 11 is 0. The molecule has 0 bridgehead atoms. The van der Waals surface area contributed by atoms with E-state index in [0.717, 1.165) is 11.1 Å². The van der Waals surface area contributed by atoms with Gasteiger partial charge in [-0.3, -0.25) is 19.5 Å². The second kappa shape index (κ2) is 8.08. The topological polar surface area (TPSA) is 70.5 Å². The van der Waals surface area contributed by atoms with Crippen LogP contribution < -0.4 is 4.90 Å². The van der Waals surface area contributed by atoms with Gasteiger partial charge in [-0.1, -0.05) is 68.8 Å². The summed E-state index contributed by atoms with van der Waals surface area (Å²) in [7, 11) is 0. The zero-order chi connectivity index (χ0) is 23.0. The van der Waals surface area contributed by atoms with E-state index in [9.17, 15) is 14.7 Å². The highest BCUT2D eigenvalue weighted by atomic mass is 16.3. The molecule has 5 nitrogen and oxygen atoms in total. The van der Waals surface area contributed by atoms with E-state index in [4.69, 9.17) is 0 Å². The lowest BCUT2D eigenvalue weighted by Gasteiger charge is -2.26. The molecule has 1 aromatic heterocycles. The molecule has 0 aliphatic carbocycles. The maximum atomic E-state index is 13.2. The summed E-state index contributed by atoms with van der Waals surface area (Å²) in [4.78, 5) is 32.0. The third kappa shape index (κ3) is 3.82. The van der Waals surface area contributed by atoms with Gasteiger partial charge in [-0.25, -0.2) is 0 Å². The number of carbonyl (C=O) groups excluding carboxylic acids is 2. The van der Waals surface area contributed by atoms with Crippen molar-refractivity contribution in [3.05, 3.63) is 101 Å². The quantitative estimate of drug-likeness (QED) is 0.350. The molecule has 0 spiro atoms. The molecule has 1 aliphatic rings. The average Bonchev–Trinajstić information content (AvgIpc) is 3.04. The van der Waals surface area contributed by atoms with Crippen LogP contribution >= 0.6 is 0 Å². The van der Waals surface area contributed by atoms with Gasteiger partial charge in [-0.05, 0) is 41.7 Å². The summed E-state index contributed by atoms with van der Waals surface area (Å²) in [5.41, 5.74) is 3.91. The van der Waals surface area contributed by atoms with E-state index in [1.807, 2.05) is 49.4 Å². The van der Waals surface area contributed by atoms with Crippen LogP contribution in [0.25, 0.3) is 5.76 Å². The molecule has 2 heterocycles. The Morgan fingerprint density at radius 2 is 1.62 bits per heavy atom. The zero-order valence-electron chi connectivity index (χ0n) is 18.7. The van der Waals surface area contributed by atoms with Crippen LogP contribution in [-0.4, -0.2) is 21.8 Å². The Bertz CT molecular complexity index is 1190. The van der Waals surface area contributed by atoms with E-state index in [1.54, 1.807) is 30.6 Å². The van der Waals surface area contributed by atoms with Gasteiger partial charge < -0.3 is 5.11 Å². The van der Waals surface area contributed by atoms with Crippen molar-refractivity contribution in [1.29, 1.82) is 0 Å². The summed E-state index contributed by atoms with van der Waals surface area (Å²) in [5.74, 6) is -1.57. The number of aliphatic hydroxyl groups excluding tert-OH is 1. The first kappa shape index (κ1) is 21.5. The van der Waals surface area contributed by atoms with Crippen LogP contribution in [0, 0.1) is 6.92 Å². The zero-order valence-corrected chi connectivity index (χ0v) is 18.7. The predicted octanol–water partition coefficient (Wildman–Crippen LogP) is 5.31. The first-order valence-corrected chi connectivity index (χ1v) is 10.6. The van der Waals surface area contributed by atoms with Gasteiger partial charge in [-0.15, -0.1) is 0 Å². The molecule has 1 aliphatic heterocycles. The van der Waals surface area contributed by atoms with E-state index in [2.05, 4.69) is 25.8 Å². The number of rotatable bonds is 3. The minimum absolute atomic E-state index is 0.0408. The van der Waals surface area contributed by atoms with Gasteiger partial charge in [0.05, 0.1) is 11.6 Å². The molecule has 162 valence electrons. The van der Waals surface area contributed by atoms with Gasteiger partial charge >= 0.3 is 0 Å². The number of benzene rings is 2. The molecular weight excluding hydrogens is 400 g/mol. The van der Waals surface area contributed by atoms with Crippen molar-refractivity contribution in [2.75, 3.05) is 4.90 Å². The Hall–Kier alpha value is -3.73. The molecule has 1 unspecified atom stereocenters. The molecule has 0 radical (unpaired) electrons. The van der Waals surface area contributed by atoms with Crippen LogP contribution in [-0.2, 0) is 15.0 Å². The summed E-state index contributed by atoms with van der Waals surface area (Å²) < 4.78 is 0. The minimum Gasteiger partial charge on any atom is -0.507 e. The number of aliphatic hydroxyl groups is 1. The van der Waals surface area contributed by atoms with Gasteiger partial charge in [0.25, 0.3) is 11.7 Å². The highest BCUT2D eigenvalue weighted by Gasteiger charge is 2.47. The van der Waals surface area contributed by atoms with Crippen molar-refractivity contribution >= 4 is 23.1 Å². The van der Waals surface area contributed by atoms with Crippen molar-refractivity contribution in [3.63, 3.8) is 0 Å². The molecule has 32 heavy (non-hydrogen) atoms. The van der Waals surface area contributed by atoms with E-state index >= 15 is 0 Å². The van der Waals surface area contributed by atoms with Crippen molar-refractivity contribution in [3.8, 4) is 0 Å². The fourth-order valence-corrected chi connectivity index (χ4v) is 3.94. The first-order valence-electron chi connectivity index (χ1n) is 10.6. The van der Waals surface area contributed by atoms with Crippen LogP contribution in [0.15, 0.2) is 78.6 Å². The number of carbonyl (C=O) groups is 2. The Labute approximate surface area is 188 Å². The summed E-state index contributed by atoms with van der Waals surface area (Å²) in [6, 6.07) is 17.6. The number of ketones is 1. The summed E-state index contributed by atoms with van der Waals surface area (Å²) in [5, 5.41) is 11.1. The molecule has 2 aromatic carbocycles. The van der Waals surface area contributed by atoms with E-state index < -0.39 is 17.7 Å². The van der Waals surface area contributed by atoms with Gasteiger partial charge in [0.2, 0.25) is 0 Å². The Morgan fingerprint density at radius 3 is 2.19 bits per heavy atom. The van der Waals surface area contributed by atoms with Gasteiger partial charge in [0.15, 0.2) is 0 Å². The standard InChI is InChI=1S/C27H26N2O3/c1-17-7-9-18(10-8-17)24(30)22-23(19-6-5-15-28-16-19)29(26(32)25(22)31)21-13-11-20(12-14-21)27(2,3)4/h5-16,23,30H,1-4H3/b24-22+. The number of aryl methyl sites for hydroxylation is 1. The van der Waals surface area contributed by atoms with Crippen molar-refractivity contribution in [2.24, 2.45) is 0 Å². The molecular formula is C27H26N2O3. The lowest BCUT2D eigenvalue weighted by Crippen LogP contribution is -2.29. The second-order valence-electron chi connectivity index (χ2n) is 9.12. The molecule has 1 saturated heterocycles. The Balaban J connectivity index is 1.88. The lowest BCUT2D eigenvalue weighted by atomic mass is 9.87. The highest BCUT2D eigenvalue weighted by molar-refractivity contribution is 6.51. The average molecular weight is 427 g/mol. The number of amides is 1. The number of aromatic nitrogens is 1. The monoisotopic (exact) mass is 426 g/mol. The Kier molecular flexibility index (Phi) is 5.43. The maximum absolute atomic E-state index is 13.2.